The Kier molecular flexibility index (Phi) is 3.47. The third-order valence-electron chi connectivity index (χ3n) is 2.38. The number of hydrogen-bond acceptors (Lipinski definition) is 1. The van der Waals surface area contributed by atoms with Gasteiger partial charge in [-0.1, -0.05) is 19.8 Å². The summed E-state index contributed by atoms with van der Waals surface area (Å²) in [5.41, 5.74) is 1.33. The molecule has 1 nitrogen and oxygen atoms in total. The van der Waals surface area contributed by atoms with Crippen LogP contribution in [0.15, 0.2) is 11.3 Å². The molecule has 1 aliphatic carbocycles. The molecule has 0 spiro atoms. The second kappa shape index (κ2) is 4.42. The molecule has 64 valence electrons. The quantitative estimate of drug-likeness (QED) is 0.614. The second-order valence-corrected chi connectivity index (χ2v) is 3.36. The second-order valence-electron chi connectivity index (χ2n) is 3.36. The van der Waals surface area contributed by atoms with E-state index in [0.717, 1.165) is 19.3 Å². The van der Waals surface area contributed by atoms with Crippen molar-refractivity contribution in [3.63, 3.8) is 0 Å². The van der Waals surface area contributed by atoms with Crippen LogP contribution in [0.5, 0.6) is 0 Å². The van der Waals surface area contributed by atoms with Gasteiger partial charge in [0.25, 0.3) is 0 Å². The highest BCUT2D eigenvalue weighted by Crippen LogP contribution is 2.27. The average molecular weight is 154 g/mol. The van der Waals surface area contributed by atoms with Crippen LogP contribution < -0.4 is 0 Å². The van der Waals surface area contributed by atoms with Crippen molar-refractivity contribution < 1.29 is 5.11 Å². The maximum Gasteiger partial charge on any atom is 0.0914 e. The molecule has 0 fully saturated rings. The van der Waals surface area contributed by atoms with Crippen molar-refractivity contribution in [2.45, 2.75) is 51.9 Å². The first-order valence-electron chi connectivity index (χ1n) is 4.74. The van der Waals surface area contributed by atoms with Crippen molar-refractivity contribution in [2.75, 3.05) is 0 Å². The number of allylic oxidation sites excluding steroid dienone is 2. The Morgan fingerprint density at radius 2 is 2.09 bits per heavy atom. The van der Waals surface area contributed by atoms with Gasteiger partial charge in [-0.15, -0.1) is 0 Å². The smallest absolute Gasteiger partial charge is 0.0914 e. The minimum absolute atomic E-state index is 0.695. The third kappa shape index (κ3) is 2.57. The molecule has 0 aromatic rings. The minimum Gasteiger partial charge on any atom is -0.512 e. The Morgan fingerprint density at radius 1 is 1.27 bits per heavy atom. The van der Waals surface area contributed by atoms with Crippen LogP contribution in [0.3, 0.4) is 0 Å². The molecule has 0 saturated heterocycles. The normalized spacial score (nSPS) is 17.9. The molecule has 11 heavy (non-hydrogen) atoms. The number of aliphatic hydroxyl groups is 1. The zero-order valence-electron chi connectivity index (χ0n) is 7.40. The van der Waals surface area contributed by atoms with E-state index in [0.29, 0.717) is 5.76 Å². The SMILES string of the molecule is CCCCCC1=C(O)CCC1. The van der Waals surface area contributed by atoms with E-state index in [1.807, 2.05) is 0 Å². The van der Waals surface area contributed by atoms with E-state index in [1.165, 1.54) is 31.3 Å². The van der Waals surface area contributed by atoms with Crippen LogP contribution in [-0.2, 0) is 0 Å². The van der Waals surface area contributed by atoms with E-state index in [-0.39, 0.29) is 0 Å². The monoisotopic (exact) mass is 154 g/mol. The molecule has 0 unspecified atom stereocenters. The zero-order valence-corrected chi connectivity index (χ0v) is 7.40. The van der Waals surface area contributed by atoms with Gasteiger partial charge < -0.3 is 5.11 Å². The van der Waals surface area contributed by atoms with Gasteiger partial charge in [0.2, 0.25) is 0 Å². The molecule has 0 saturated carbocycles. The summed E-state index contributed by atoms with van der Waals surface area (Å²) < 4.78 is 0. The molecule has 0 aromatic heterocycles. The van der Waals surface area contributed by atoms with Crippen molar-refractivity contribution in [1.82, 2.24) is 0 Å². The van der Waals surface area contributed by atoms with E-state index < -0.39 is 0 Å². The van der Waals surface area contributed by atoms with Crippen LogP contribution in [0.25, 0.3) is 0 Å². The predicted molar refractivity (Wildman–Crippen MR) is 47.6 cm³/mol. The van der Waals surface area contributed by atoms with Crippen LogP contribution >= 0.6 is 0 Å². The molecule has 0 amide bonds. The molecule has 0 radical (unpaired) electrons. The van der Waals surface area contributed by atoms with Gasteiger partial charge in [-0.2, -0.15) is 0 Å². The lowest BCUT2D eigenvalue weighted by Crippen LogP contribution is -1.83. The van der Waals surface area contributed by atoms with Crippen molar-refractivity contribution in [2.24, 2.45) is 0 Å². The van der Waals surface area contributed by atoms with Gasteiger partial charge in [-0.3, -0.25) is 0 Å². The van der Waals surface area contributed by atoms with Crippen molar-refractivity contribution in [1.29, 1.82) is 0 Å². The maximum atomic E-state index is 9.37. The van der Waals surface area contributed by atoms with Gasteiger partial charge >= 0.3 is 0 Å². The Hall–Kier alpha value is -0.460. The number of unbranched alkanes of at least 4 members (excludes halogenated alkanes) is 2. The van der Waals surface area contributed by atoms with Crippen LogP contribution in [0.1, 0.15) is 51.9 Å². The Morgan fingerprint density at radius 3 is 2.64 bits per heavy atom. The summed E-state index contributed by atoms with van der Waals surface area (Å²) in [7, 11) is 0. The van der Waals surface area contributed by atoms with Crippen molar-refractivity contribution >= 4 is 0 Å². The van der Waals surface area contributed by atoms with E-state index in [9.17, 15) is 5.11 Å². The van der Waals surface area contributed by atoms with Gasteiger partial charge in [-0.05, 0) is 31.3 Å². The summed E-state index contributed by atoms with van der Waals surface area (Å²) in [5, 5.41) is 9.37. The van der Waals surface area contributed by atoms with Gasteiger partial charge in [0.15, 0.2) is 0 Å². The highest BCUT2D eigenvalue weighted by molar-refractivity contribution is 5.12. The molecule has 0 atom stereocenters. The molecule has 0 aromatic carbocycles. The molecule has 0 aliphatic heterocycles. The number of hydrogen-bond donors (Lipinski definition) is 1. The predicted octanol–water partition coefficient (Wildman–Crippen LogP) is 3.56. The fourth-order valence-corrected chi connectivity index (χ4v) is 1.65. The summed E-state index contributed by atoms with van der Waals surface area (Å²) in [6.07, 6.45) is 8.23. The van der Waals surface area contributed by atoms with Crippen LogP contribution in [0.4, 0.5) is 0 Å². The highest BCUT2D eigenvalue weighted by Gasteiger charge is 2.11. The lowest BCUT2D eigenvalue weighted by atomic mass is 10.1. The van der Waals surface area contributed by atoms with Gasteiger partial charge in [0, 0.05) is 6.42 Å². The summed E-state index contributed by atoms with van der Waals surface area (Å²) >= 11 is 0. The summed E-state index contributed by atoms with van der Waals surface area (Å²) in [5.74, 6) is 0.695. The lowest BCUT2D eigenvalue weighted by molar-refractivity contribution is 0.391. The fourth-order valence-electron chi connectivity index (χ4n) is 1.65. The zero-order chi connectivity index (χ0) is 8.10. The molecule has 0 bridgehead atoms. The van der Waals surface area contributed by atoms with Gasteiger partial charge in [0.1, 0.15) is 0 Å². The molecular weight excluding hydrogens is 136 g/mol. The van der Waals surface area contributed by atoms with Gasteiger partial charge in [-0.25, -0.2) is 0 Å². The topological polar surface area (TPSA) is 20.2 Å². The van der Waals surface area contributed by atoms with Crippen LogP contribution in [-0.4, -0.2) is 5.11 Å². The molecule has 1 rings (SSSR count). The number of aliphatic hydroxyl groups excluding tert-OH is 1. The molecule has 1 aliphatic rings. The lowest BCUT2D eigenvalue weighted by Gasteiger charge is -2.00. The first kappa shape index (κ1) is 8.63. The van der Waals surface area contributed by atoms with Gasteiger partial charge in [0.05, 0.1) is 5.76 Å². The molecule has 0 heterocycles. The first-order valence-corrected chi connectivity index (χ1v) is 4.74. The van der Waals surface area contributed by atoms with Crippen molar-refractivity contribution in [3.05, 3.63) is 11.3 Å². The summed E-state index contributed by atoms with van der Waals surface area (Å²) in [4.78, 5) is 0. The van der Waals surface area contributed by atoms with E-state index in [1.54, 1.807) is 0 Å². The Balaban J connectivity index is 2.20. The van der Waals surface area contributed by atoms with E-state index >= 15 is 0 Å². The summed E-state index contributed by atoms with van der Waals surface area (Å²) in [6.45, 7) is 2.21. The first-order chi connectivity index (χ1) is 5.34. The highest BCUT2D eigenvalue weighted by atomic mass is 16.3. The standard InChI is InChI=1S/C10H18O/c1-2-3-4-6-9-7-5-8-10(9)11/h11H,2-8H2,1H3. The summed E-state index contributed by atoms with van der Waals surface area (Å²) in [6, 6.07) is 0. The van der Waals surface area contributed by atoms with E-state index in [2.05, 4.69) is 6.92 Å². The average Bonchev–Trinajstić information content (AvgIpc) is 2.37. The van der Waals surface area contributed by atoms with Crippen LogP contribution in [0.2, 0.25) is 0 Å². The minimum atomic E-state index is 0.695. The van der Waals surface area contributed by atoms with Crippen LogP contribution in [0, 0.1) is 0 Å². The fraction of sp³-hybridized carbons (Fsp3) is 0.800. The van der Waals surface area contributed by atoms with E-state index in [4.69, 9.17) is 0 Å². The number of rotatable bonds is 4. The molecule has 1 heteroatoms. The molecule has 1 N–H and O–H groups in total. The largest absolute Gasteiger partial charge is 0.512 e. The Labute approximate surface area is 69.1 Å². The van der Waals surface area contributed by atoms with Crippen molar-refractivity contribution in [3.8, 4) is 0 Å². The Bertz CT molecular complexity index is 147. The molecular formula is C10H18O. The third-order valence-corrected chi connectivity index (χ3v) is 2.38. The maximum absolute atomic E-state index is 9.37.